The van der Waals surface area contributed by atoms with Crippen molar-refractivity contribution in [2.45, 2.75) is 25.9 Å². The smallest absolute Gasteiger partial charge is 0.171 e. The summed E-state index contributed by atoms with van der Waals surface area (Å²) in [6, 6.07) is 1.72. The van der Waals surface area contributed by atoms with Gasteiger partial charge >= 0.3 is 0 Å². The summed E-state index contributed by atoms with van der Waals surface area (Å²) in [5.74, 6) is 0.181. The molecule has 14 heavy (non-hydrogen) atoms. The van der Waals surface area contributed by atoms with E-state index in [1.807, 2.05) is 6.92 Å². The van der Waals surface area contributed by atoms with Gasteiger partial charge in [-0.1, -0.05) is 6.92 Å². The predicted octanol–water partition coefficient (Wildman–Crippen LogP) is 2.28. The maximum Gasteiger partial charge on any atom is 0.171 e. The van der Waals surface area contributed by atoms with Crippen molar-refractivity contribution in [3.05, 3.63) is 24.2 Å². The molecule has 0 aromatic carbocycles. The van der Waals surface area contributed by atoms with Crippen molar-refractivity contribution in [1.82, 2.24) is 0 Å². The third-order valence-corrected chi connectivity index (χ3v) is 2.75. The molecule has 76 valence electrons. The van der Waals surface area contributed by atoms with Crippen LogP contribution in [0.3, 0.4) is 0 Å². The molecule has 2 rings (SSSR count). The number of furan rings is 1. The van der Waals surface area contributed by atoms with Crippen LogP contribution in [0.15, 0.2) is 23.0 Å². The van der Waals surface area contributed by atoms with Crippen molar-refractivity contribution >= 4 is 5.78 Å². The molecule has 0 aliphatic carbocycles. The number of Topliss-reactive ketones (excluding diaryl/α,β-unsaturated/α-hetero) is 1. The van der Waals surface area contributed by atoms with Crippen LogP contribution in [0.2, 0.25) is 0 Å². The summed E-state index contributed by atoms with van der Waals surface area (Å²) >= 11 is 0. The number of hydrogen-bond donors (Lipinski definition) is 0. The van der Waals surface area contributed by atoms with Crippen LogP contribution in [-0.4, -0.2) is 18.5 Å². The fraction of sp³-hybridized carbons (Fsp3) is 0.545. The molecule has 0 N–H and O–H groups in total. The molecule has 2 atom stereocenters. The van der Waals surface area contributed by atoms with Gasteiger partial charge in [-0.05, 0) is 18.9 Å². The van der Waals surface area contributed by atoms with Gasteiger partial charge in [0.15, 0.2) is 5.78 Å². The molecule has 0 saturated carbocycles. The van der Waals surface area contributed by atoms with Gasteiger partial charge in [-0.3, -0.25) is 4.79 Å². The highest BCUT2D eigenvalue weighted by Crippen LogP contribution is 2.26. The van der Waals surface area contributed by atoms with Gasteiger partial charge in [0.25, 0.3) is 0 Å². The van der Waals surface area contributed by atoms with Crippen LogP contribution in [0.25, 0.3) is 0 Å². The zero-order valence-electron chi connectivity index (χ0n) is 8.23. The Hall–Kier alpha value is -1.09. The Bertz CT molecular complexity index is 302. The van der Waals surface area contributed by atoms with E-state index in [0.717, 1.165) is 12.8 Å². The van der Waals surface area contributed by atoms with Gasteiger partial charge in [-0.15, -0.1) is 0 Å². The predicted molar refractivity (Wildman–Crippen MR) is 51.2 cm³/mol. The Labute approximate surface area is 83.0 Å². The molecule has 0 spiro atoms. The van der Waals surface area contributed by atoms with Crippen LogP contribution in [0.5, 0.6) is 0 Å². The summed E-state index contributed by atoms with van der Waals surface area (Å²) < 4.78 is 10.4. The Morgan fingerprint density at radius 1 is 1.64 bits per heavy atom. The number of hydrogen-bond acceptors (Lipinski definition) is 3. The molecule has 1 aromatic heterocycles. The second kappa shape index (κ2) is 3.96. The van der Waals surface area contributed by atoms with Crippen molar-refractivity contribution in [2.75, 3.05) is 6.61 Å². The number of rotatable bonds is 3. The molecule has 1 saturated heterocycles. The molecule has 3 heteroatoms. The number of carbonyl (C=O) groups is 1. The fourth-order valence-electron chi connectivity index (χ4n) is 1.97. The molecule has 0 amide bonds. The van der Waals surface area contributed by atoms with E-state index in [-0.39, 0.29) is 17.8 Å². The van der Waals surface area contributed by atoms with Crippen LogP contribution in [-0.2, 0) is 4.74 Å². The Morgan fingerprint density at radius 2 is 2.50 bits per heavy atom. The van der Waals surface area contributed by atoms with Gasteiger partial charge in [0.1, 0.15) is 6.26 Å². The van der Waals surface area contributed by atoms with E-state index in [0.29, 0.717) is 12.2 Å². The second-order valence-corrected chi connectivity index (χ2v) is 3.59. The minimum absolute atomic E-state index is 0.0256. The molecule has 0 radical (unpaired) electrons. The first-order valence-corrected chi connectivity index (χ1v) is 5.01. The van der Waals surface area contributed by atoms with Crippen LogP contribution in [0.4, 0.5) is 0 Å². The van der Waals surface area contributed by atoms with Crippen molar-refractivity contribution < 1.29 is 13.9 Å². The van der Waals surface area contributed by atoms with E-state index in [4.69, 9.17) is 9.15 Å². The lowest BCUT2D eigenvalue weighted by atomic mass is 9.92. The summed E-state index contributed by atoms with van der Waals surface area (Å²) in [5.41, 5.74) is 0.666. The largest absolute Gasteiger partial charge is 0.472 e. The molecule has 1 fully saturated rings. The van der Waals surface area contributed by atoms with Gasteiger partial charge in [0.05, 0.1) is 23.8 Å². The Morgan fingerprint density at radius 3 is 3.14 bits per heavy atom. The number of carbonyl (C=O) groups excluding carboxylic acids is 1. The van der Waals surface area contributed by atoms with Crippen molar-refractivity contribution in [2.24, 2.45) is 5.92 Å². The van der Waals surface area contributed by atoms with Gasteiger partial charge < -0.3 is 9.15 Å². The molecule has 1 aliphatic rings. The highest BCUT2D eigenvalue weighted by atomic mass is 16.5. The quantitative estimate of drug-likeness (QED) is 0.693. The zero-order valence-corrected chi connectivity index (χ0v) is 8.23. The maximum atomic E-state index is 11.9. The molecule has 1 aromatic rings. The van der Waals surface area contributed by atoms with E-state index in [1.165, 1.54) is 12.5 Å². The lowest BCUT2D eigenvalue weighted by Gasteiger charge is -2.14. The first kappa shape index (κ1) is 9.46. The summed E-state index contributed by atoms with van der Waals surface area (Å²) in [7, 11) is 0. The van der Waals surface area contributed by atoms with Crippen LogP contribution in [0.1, 0.15) is 30.1 Å². The van der Waals surface area contributed by atoms with Gasteiger partial charge in [0.2, 0.25) is 0 Å². The van der Waals surface area contributed by atoms with E-state index in [9.17, 15) is 4.79 Å². The molecule has 3 nitrogen and oxygen atoms in total. The summed E-state index contributed by atoms with van der Waals surface area (Å²) in [6.07, 6.45) is 4.87. The normalized spacial score (nSPS) is 26.6. The van der Waals surface area contributed by atoms with Gasteiger partial charge in [-0.25, -0.2) is 0 Å². The zero-order chi connectivity index (χ0) is 9.97. The second-order valence-electron chi connectivity index (χ2n) is 3.59. The molecule has 2 heterocycles. The molecular formula is C11H14O3. The van der Waals surface area contributed by atoms with Crippen LogP contribution in [0, 0.1) is 5.92 Å². The fourth-order valence-corrected chi connectivity index (χ4v) is 1.97. The van der Waals surface area contributed by atoms with Crippen molar-refractivity contribution in [3.8, 4) is 0 Å². The number of ether oxygens (including phenoxy) is 1. The molecule has 1 aliphatic heterocycles. The highest BCUT2D eigenvalue weighted by Gasteiger charge is 2.33. The molecule has 0 bridgehead atoms. The first-order chi connectivity index (χ1) is 6.83. The minimum atomic E-state index is 0.0256. The van der Waals surface area contributed by atoms with E-state index in [1.54, 1.807) is 6.07 Å². The molecule has 2 unspecified atom stereocenters. The van der Waals surface area contributed by atoms with E-state index < -0.39 is 0 Å². The standard InChI is InChI=1S/C11H14O3/c1-2-10-9(4-6-14-10)11(12)8-3-5-13-7-8/h3,5,7,9-10H,2,4,6H2,1H3. The van der Waals surface area contributed by atoms with Crippen molar-refractivity contribution in [1.29, 1.82) is 0 Å². The SMILES string of the molecule is CCC1OCCC1C(=O)c1ccoc1. The van der Waals surface area contributed by atoms with Gasteiger partial charge in [-0.2, -0.15) is 0 Å². The Balaban J connectivity index is 2.11. The van der Waals surface area contributed by atoms with Gasteiger partial charge in [0, 0.05) is 6.61 Å². The topological polar surface area (TPSA) is 39.4 Å². The van der Waals surface area contributed by atoms with Crippen LogP contribution >= 0.6 is 0 Å². The third kappa shape index (κ3) is 1.60. The first-order valence-electron chi connectivity index (χ1n) is 5.01. The summed E-state index contributed by atoms with van der Waals surface area (Å²) in [6.45, 7) is 2.75. The average molecular weight is 194 g/mol. The molecular weight excluding hydrogens is 180 g/mol. The van der Waals surface area contributed by atoms with E-state index >= 15 is 0 Å². The monoisotopic (exact) mass is 194 g/mol. The number of ketones is 1. The van der Waals surface area contributed by atoms with Crippen molar-refractivity contribution in [3.63, 3.8) is 0 Å². The maximum absolute atomic E-state index is 11.9. The van der Waals surface area contributed by atoms with E-state index in [2.05, 4.69) is 0 Å². The summed E-state index contributed by atoms with van der Waals surface area (Å²) in [5, 5.41) is 0. The Kier molecular flexibility index (Phi) is 2.68. The summed E-state index contributed by atoms with van der Waals surface area (Å²) in [4.78, 5) is 11.9. The average Bonchev–Trinajstić information content (AvgIpc) is 2.87. The third-order valence-electron chi connectivity index (χ3n) is 2.75. The van der Waals surface area contributed by atoms with Crippen LogP contribution < -0.4 is 0 Å². The lowest BCUT2D eigenvalue weighted by molar-refractivity contribution is 0.0688. The highest BCUT2D eigenvalue weighted by molar-refractivity contribution is 5.98. The minimum Gasteiger partial charge on any atom is -0.472 e. The lowest BCUT2D eigenvalue weighted by Crippen LogP contribution is -2.23.